The molecule has 1 aromatic carbocycles. The minimum absolute atomic E-state index is 0.308. The van der Waals surface area contributed by atoms with Crippen LogP contribution in [-0.2, 0) is 14.3 Å². The standard InChI is InChI=1S/C7H7NO5S/c1-13-14(11,12)7-4-2-6(3-5-7)8(9)10/h2-5H,1H3/i1+1D3. The molecule has 76 valence electrons. The number of non-ortho nitro benzene ring substituents is 1. The zero-order valence-corrected chi connectivity index (χ0v) is 7.52. The van der Waals surface area contributed by atoms with Gasteiger partial charge in [0.05, 0.1) is 21.0 Å². The molecule has 6 nitrogen and oxygen atoms in total. The van der Waals surface area contributed by atoms with E-state index in [1.807, 2.05) is 0 Å². The Morgan fingerprint density at radius 3 is 2.43 bits per heavy atom. The van der Waals surface area contributed by atoms with Crippen LogP contribution in [0, 0.1) is 10.1 Å². The van der Waals surface area contributed by atoms with Crippen LogP contribution in [0.25, 0.3) is 0 Å². The Hall–Kier alpha value is -1.47. The first kappa shape index (κ1) is 6.91. The molecule has 1 aromatic rings. The molecule has 0 aliphatic carbocycles. The van der Waals surface area contributed by atoms with Gasteiger partial charge in [-0.05, 0) is 12.1 Å². The van der Waals surface area contributed by atoms with Crippen molar-refractivity contribution in [1.82, 2.24) is 0 Å². The van der Waals surface area contributed by atoms with Crippen LogP contribution >= 0.6 is 0 Å². The van der Waals surface area contributed by atoms with Gasteiger partial charge in [0.2, 0.25) is 0 Å². The number of benzene rings is 1. The molecule has 0 N–H and O–H groups in total. The second-order valence-electron chi connectivity index (χ2n) is 2.29. The molecule has 0 unspecified atom stereocenters. The minimum atomic E-state index is -4.45. The number of hydrogen-bond donors (Lipinski definition) is 0. The summed E-state index contributed by atoms with van der Waals surface area (Å²) in [5, 5.41) is 10.3. The maximum absolute atomic E-state index is 11.4. The average molecular weight is 221 g/mol. The second-order valence-corrected chi connectivity index (χ2v) is 3.83. The monoisotopic (exact) mass is 221 g/mol. The van der Waals surface area contributed by atoms with Crippen LogP contribution in [0.3, 0.4) is 0 Å². The normalized spacial score (nSPS) is 15.3. The molecule has 0 atom stereocenters. The van der Waals surface area contributed by atoms with Crippen molar-refractivity contribution in [3.63, 3.8) is 0 Å². The average Bonchev–Trinajstić information content (AvgIpc) is 2.14. The molecule has 0 aliphatic heterocycles. The Morgan fingerprint density at radius 2 is 2.00 bits per heavy atom. The fourth-order valence-corrected chi connectivity index (χ4v) is 1.35. The van der Waals surface area contributed by atoms with Crippen molar-refractivity contribution in [1.29, 1.82) is 0 Å². The first-order valence-corrected chi connectivity index (χ1v) is 4.73. The maximum Gasteiger partial charge on any atom is 0.296 e. The summed E-state index contributed by atoms with van der Waals surface area (Å²) in [6.45, 7) is 0. The molecule has 0 aliphatic rings. The molecular weight excluding hydrogens is 211 g/mol. The van der Waals surface area contributed by atoms with Crippen molar-refractivity contribution >= 4 is 15.8 Å². The Labute approximate surface area is 84.6 Å². The number of nitrogens with zero attached hydrogens (tertiary/aromatic N) is 1. The van der Waals surface area contributed by atoms with Crippen LogP contribution in [0.5, 0.6) is 0 Å². The summed E-state index contributed by atoms with van der Waals surface area (Å²) < 4.78 is 46.7. The molecule has 0 heterocycles. The van der Waals surface area contributed by atoms with E-state index in [1.54, 1.807) is 0 Å². The summed E-state index contributed by atoms with van der Waals surface area (Å²) >= 11 is 0. The van der Waals surface area contributed by atoms with Crippen LogP contribution in [-0.4, -0.2) is 20.4 Å². The fourth-order valence-electron chi connectivity index (χ4n) is 0.783. The predicted octanol–water partition coefficient (Wildman–Crippen LogP) is 0.930. The van der Waals surface area contributed by atoms with Gasteiger partial charge in [0.25, 0.3) is 15.8 Å². The largest absolute Gasteiger partial charge is 0.296 e. The molecule has 1 rings (SSSR count). The number of rotatable bonds is 3. The third kappa shape index (κ3) is 2.06. The van der Waals surface area contributed by atoms with E-state index in [0.29, 0.717) is 0 Å². The van der Waals surface area contributed by atoms with E-state index in [4.69, 9.17) is 4.11 Å². The van der Waals surface area contributed by atoms with E-state index in [1.165, 1.54) is 0 Å². The first-order chi connectivity index (χ1) is 7.62. The van der Waals surface area contributed by atoms with Crippen molar-refractivity contribution in [3.8, 4) is 0 Å². The van der Waals surface area contributed by atoms with Crippen LogP contribution in [0.1, 0.15) is 4.11 Å². The predicted molar refractivity (Wildman–Crippen MR) is 47.3 cm³/mol. The molecule has 0 aromatic heterocycles. The maximum atomic E-state index is 11.4. The summed E-state index contributed by atoms with van der Waals surface area (Å²) in [6, 6.07) is 3.68. The minimum Gasteiger partial charge on any atom is -0.270 e. The second kappa shape index (κ2) is 3.72. The lowest BCUT2D eigenvalue weighted by Gasteiger charge is -1.99. The Morgan fingerprint density at radius 1 is 1.43 bits per heavy atom. The van der Waals surface area contributed by atoms with E-state index in [0.717, 1.165) is 24.3 Å². The lowest BCUT2D eigenvalue weighted by molar-refractivity contribution is -0.384. The van der Waals surface area contributed by atoms with E-state index < -0.39 is 27.0 Å². The lowest BCUT2D eigenvalue weighted by atomic mass is 10.3. The van der Waals surface area contributed by atoms with Gasteiger partial charge in [-0.25, -0.2) is 0 Å². The van der Waals surface area contributed by atoms with Gasteiger partial charge in [0, 0.05) is 12.1 Å². The van der Waals surface area contributed by atoms with Gasteiger partial charge in [0.1, 0.15) is 0 Å². The highest BCUT2D eigenvalue weighted by molar-refractivity contribution is 7.86. The van der Waals surface area contributed by atoms with E-state index in [-0.39, 0.29) is 5.69 Å². The van der Waals surface area contributed by atoms with Crippen LogP contribution < -0.4 is 0 Å². The SMILES string of the molecule is [2H][13C]([2H])([2H])OS(=O)(=O)c1ccc([N+](=O)[O-])cc1. The molecular formula is C7H7NO5S. The summed E-state index contributed by atoms with van der Waals surface area (Å²) in [7, 11) is -7.54. The van der Waals surface area contributed by atoms with Gasteiger partial charge in [-0.2, -0.15) is 8.42 Å². The molecule has 0 amide bonds. The topological polar surface area (TPSA) is 86.5 Å². The van der Waals surface area contributed by atoms with Crippen LogP contribution in [0.15, 0.2) is 29.2 Å². The molecule has 0 saturated heterocycles. The van der Waals surface area contributed by atoms with Gasteiger partial charge in [-0.15, -0.1) is 0 Å². The lowest BCUT2D eigenvalue weighted by Crippen LogP contribution is -2.02. The van der Waals surface area contributed by atoms with Gasteiger partial charge >= 0.3 is 0 Å². The first-order valence-electron chi connectivity index (χ1n) is 4.82. The molecule has 14 heavy (non-hydrogen) atoms. The van der Waals surface area contributed by atoms with E-state index in [2.05, 4.69) is 4.18 Å². The summed E-state index contributed by atoms with van der Waals surface area (Å²) in [6.07, 6.45) is 0. The highest BCUT2D eigenvalue weighted by atomic mass is 32.2. The quantitative estimate of drug-likeness (QED) is 0.328. The van der Waals surface area contributed by atoms with Crippen LogP contribution in [0.4, 0.5) is 5.69 Å². The Kier molecular flexibility index (Phi) is 1.84. The zero-order chi connectivity index (χ0) is 13.3. The molecule has 0 fully saturated rings. The van der Waals surface area contributed by atoms with E-state index in [9.17, 15) is 18.5 Å². The van der Waals surface area contributed by atoms with Crippen LogP contribution in [0.2, 0.25) is 0 Å². The molecule has 0 spiro atoms. The summed E-state index contributed by atoms with van der Waals surface area (Å²) in [5.41, 5.74) is -0.308. The fraction of sp³-hybridized carbons (Fsp3) is 0.143. The highest BCUT2D eigenvalue weighted by Crippen LogP contribution is 2.16. The van der Waals surface area contributed by atoms with Crippen molar-refractivity contribution in [3.05, 3.63) is 34.4 Å². The number of nitro groups is 1. The van der Waals surface area contributed by atoms with Gasteiger partial charge < -0.3 is 0 Å². The number of hydrogen-bond acceptors (Lipinski definition) is 5. The van der Waals surface area contributed by atoms with Gasteiger partial charge in [-0.1, -0.05) is 0 Å². The van der Waals surface area contributed by atoms with Crippen molar-refractivity contribution in [2.24, 2.45) is 0 Å². The molecule has 0 bridgehead atoms. The van der Waals surface area contributed by atoms with Crippen molar-refractivity contribution < 1.29 is 21.6 Å². The van der Waals surface area contributed by atoms with Crippen molar-refractivity contribution in [2.45, 2.75) is 4.90 Å². The number of nitro benzene ring substituents is 1. The zero-order valence-electron chi connectivity index (χ0n) is 9.71. The molecule has 0 saturated carbocycles. The smallest absolute Gasteiger partial charge is 0.270 e. The van der Waals surface area contributed by atoms with Gasteiger partial charge in [-0.3, -0.25) is 14.3 Å². The molecule has 0 radical (unpaired) electrons. The summed E-state index contributed by atoms with van der Waals surface area (Å²) in [4.78, 5) is 9.16. The van der Waals surface area contributed by atoms with Crippen molar-refractivity contribution in [2.75, 3.05) is 7.04 Å². The highest BCUT2D eigenvalue weighted by Gasteiger charge is 2.14. The molecule has 7 heteroatoms. The summed E-state index contributed by atoms with van der Waals surface area (Å²) in [5.74, 6) is 0. The third-order valence-electron chi connectivity index (χ3n) is 1.45. The third-order valence-corrected chi connectivity index (χ3v) is 2.51. The Bertz CT molecular complexity index is 521. The Balaban J connectivity index is 3.05. The van der Waals surface area contributed by atoms with Gasteiger partial charge in [0.15, 0.2) is 0 Å². The van der Waals surface area contributed by atoms with E-state index >= 15 is 0 Å².